The number of benzene rings is 1. The average Bonchev–Trinajstić information content (AvgIpc) is 2.87. The molecule has 0 radical (unpaired) electrons. The SMILES string of the molecule is CCCCCCCCCCCCc1cccc(OC(=O)CCCCC(C)C)c1OC(=O)CCCCC(C)C. The van der Waals surface area contributed by atoms with Crippen LogP contribution < -0.4 is 9.47 Å². The van der Waals surface area contributed by atoms with Gasteiger partial charge in [0, 0.05) is 12.8 Å². The van der Waals surface area contributed by atoms with Gasteiger partial charge in [-0.25, -0.2) is 0 Å². The zero-order valence-electron chi connectivity index (χ0n) is 25.5. The molecule has 0 aliphatic heterocycles. The Morgan fingerprint density at radius 1 is 0.632 bits per heavy atom. The van der Waals surface area contributed by atoms with E-state index in [9.17, 15) is 9.59 Å². The molecule has 0 aliphatic rings. The third kappa shape index (κ3) is 17.6. The Balaban J connectivity index is 2.66. The monoisotopic (exact) mass is 530 g/mol. The fourth-order valence-corrected chi connectivity index (χ4v) is 4.74. The normalized spacial score (nSPS) is 11.3. The first-order valence-electron chi connectivity index (χ1n) is 15.9. The van der Waals surface area contributed by atoms with E-state index in [4.69, 9.17) is 9.47 Å². The molecule has 0 atom stereocenters. The fourth-order valence-electron chi connectivity index (χ4n) is 4.74. The molecule has 0 amide bonds. The van der Waals surface area contributed by atoms with Gasteiger partial charge in [0.25, 0.3) is 0 Å². The van der Waals surface area contributed by atoms with Gasteiger partial charge < -0.3 is 9.47 Å². The summed E-state index contributed by atoms with van der Waals surface area (Å²) in [4.78, 5) is 25.3. The van der Waals surface area contributed by atoms with Crippen molar-refractivity contribution in [1.29, 1.82) is 0 Å². The van der Waals surface area contributed by atoms with E-state index in [0.29, 0.717) is 36.2 Å². The second kappa shape index (κ2) is 22.0. The Bertz CT molecular complexity index is 753. The van der Waals surface area contributed by atoms with Gasteiger partial charge in [0.1, 0.15) is 0 Å². The van der Waals surface area contributed by atoms with E-state index >= 15 is 0 Å². The van der Waals surface area contributed by atoms with Crippen LogP contribution >= 0.6 is 0 Å². The Morgan fingerprint density at radius 2 is 1.13 bits per heavy atom. The highest BCUT2D eigenvalue weighted by molar-refractivity contribution is 5.76. The molecule has 0 saturated carbocycles. The number of carbonyl (C=O) groups excluding carboxylic acids is 2. The first-order chi connectivity index (χ1) is 18.3. The molecule has 218 valence electrons. The number of hydrogen-bond donors (Lipinski definition) is 0. The Morgan fingerprint density at radius 3 is 1.66 bits per heavy atom. The lowest BCUT2D eigenvalue weighted by molar-refractivity contribution is -0.137. The molecule has 4 nitrogen and oxygen atoms in total. The molecule has 1 aromatic carbocycles. The van der Waals surface area contributed by atoms with Crippen molar-refractivity contribution in [3.8, 4) is 11.5 Å². The highest BCUT2D eigenvalue weighted by atomic mass is 16.6. The van der Waals surface area contributed by atoms with E-state index in [-0.39, 0.29) is 11.9 Å². The van der Waals surface area contributed by atoms with Crippen LogP contribution in [0.4, 0.5) is 0 Å². The summed E-state index contributed by atoms with van der Waals surface area (Å²) in [7, 11) is 0. The lowest BCUT2D eigenvalue weighted by Gasteiger charge is -2.15. The maximum Gasteiger partial charge on any atom is 0.311 e. The molecule has 0 aromatic heterocycles. The predicted molar refractivity (Wildman–Crippen MR) is 160 cm³/mol. The number of para-hydroxylation sites is 1. The van der Waals surface area contributed by atoms with Crippen molar-refractivity contribution in [3.05, 3.63) is 23.8 Å². The van der Waals surface area contributed by atoms with Crippen LogP contribution in [0.2, 0.25) is 0 Å². The van der Waals surface area contributed by atoms with Crippen molar-refractivity contribution in [2.75, 3.05) is 0 Å². The second-order valence-corrected chi connectivity index (χ2v) is 11.9. The smallest absolute Gasteiger partial charge is 0.311 e. The number of aryl methyl sites for hydroxylation is 1. The van der Waals surface area contributed by atoms with Gasteiger partial charge in [0.15, 0.2) is 11.5 Å². The van der Waals surface area contributed by atoms with Crippen molar-refractivity contribution < 1.29 is 19.1 Å². The van der Waals surface area contributed by atoms with Crippen LogP contribution in [0.3, 0.4) is 0 Å². The minimum absolute atomic E-state index is 0.237. The van der Waals surface area contributed by atoms with Crippen molar-refractivity contribution >= 4 is 11.9 Å². The molecule has 0 fully saturated rings. The van der Waals surface area contributed by atoms with Crippen molar-refractivity contribution in [2.45, 2.75) is 157 Å². The van der Waals surface area contributed by atoms with Crippen molar-refractivity contribution in [2.24, 2.45) is 11.8 Å². The van der Waals surface area contributed by atoms with Gasteiger partial charge in [-0.05, 0) is 49.1 Å². The van der Waals surface area contributed by atoms with E-state index in [1.54, 1.807) is 6.07 Å². The first kappa shape index (κ1) is 34.2. The van der Waals surface area contributed by atoms with Gasteiger partial charge in [-0.1, -0.05) is 130 Å². The topological polar surface area (TPSA) is 52.6 Å². The molecular weight excluding hydrogens is 472 g/mol. The van der Waals surface area contributed by atoms with E-state index in [2.05, 4.69) is 34.6 Å². The van der Waals surface area contributed by atoms with E-state index in [0.717, 1.165) is 63.4 Å². The third-order valence-corrected chi connectivity index (χ3v) is 7.12. The van der Waals surface area contributed by atoms with Crippen molar-refractivity contribution in [3.63, 3.8) is 0 Å². The number of rotatable bonds is 23. The van der Waals surface area contributed by atoms with Gasteiger partial charge >= 0.3 is 11.9 Å². The van der Waals surface area contributed by atoms with Crippen molar-refractivity contribution in [1.82, 2.24) is 0 Å². The Labute approximate surface area is 234 Å². The zero-order chi connectivity index (χ0) is 28.0. The quantitative estimate of drug-likeness (QED) is 0.0802. The number of ether oxygens (including phenoxy) is 2. The molecule has 0 saturated heterocycles. The van der Waals surface area contributed by atoms with Gasteiger partial charge in [-0.2, -0.15) is 0 Å². The summed E-state index contributed by atoms with van der Waals surface area (Å²) < 4.78 is 11.6. The highest BCUT2D eigenvalue weighted by Crippen LogP contribution is 2.34. The standard InChI is InChI=1S/C34H58O4/c1-6-7-8-9-10-11-12-13-14-15-23-30-24-20-25-31(37-32(35)26-18-16-21-28(2)3)34(30)38-33(36)27-19-17-22-29(4)5/h20,24-25,28-29H,6-19,21-23,26-27H2,1-5H3. The molecule has 1 aromatic rings. The second-order valence-electron chi connectivity index (χ2n) is 11.9. The Kier molecular flexibility index (Phi) is 19.8. The van der Waals surface area contributed by atoms with E-state index < -0.39 is 0 Å². The van der Waals surface area contributed by atoms with E-state index in [1.165, 1.54) is 51.4 Å². The summed E-state index contributed by atoms with van der Waals surface area (Å²) in [5.41, 5.74) is 0.963. The minimum Gasteiger partial charge on any atom is -0.423 e. The number of carbonyl (C=O) groups is 2. The zero-order valence-corrected chi connectivity index (χ0v) is 25.5. The highest BCUT2D eigenvalue weighted by Gasteiger charge is 2.18. The molecule has 4 heteroatoms. The van der Waals surface area contributed by atoms with Crippen LogP contribution in [0.15, 0.2) is 18.2 Å². The molecule has 38 heavy (non-hydrogen) atoms. The van der Waals surface area contributed by atoms with Crippen LogP contribution in [-0.2, 0) is 16.0 Å². The van der Waals surface area contributed by atoms with Crippen LogP contribution in [0.1, 0.15) is 156 Å². The molecule has 0 spiro atoms. The Hall–Kier alpha value is -1.84. The maximum absolute atomic E-state index is 12.7. The molecule has 0 heterocycles. The maximum atomic E-state index is 12.7. The molecule has 1 rings (SSSR count). The lowest BCUT2D eigenvalue weighted by Crippen LogP contribution is -2.13. The molecular formula is C34H58O4. The van der Waals surface area contributed by atoms with Crippen LogP contribution in [0, 0.1) is 11.8 Å². The van der Waals surface area contributed by atoms with Gasteiger partial charge in [-0.3, -0.25) is 9.59 Å². The lowest BCUT2D eigenvalue weighted by atomic mass is 10.0. The fraction of sp³-hybridized carbons (Fsp3) is 0.765. The summed E-state index contributed by atoms with van der Waals surface area (Å²) in [5, 5.41) is 0. The summed E-state index contributed by atoms with van der Waals surface area (Å²) in [5.74, 6) is 1.63. The van der Waals surface area contributed by atoms with Crippen LogP contribution in [0.25, 0.3) is 0 Å². The summed E-state index contributed by atoms with van der Waals surface area (Å²) in [6.07, 6.45) is 20.3. The molecule has 0 aliphatic carbocycles. The van der Waals surface area contributed by atoms with E-state index in [1.807, 2.05) is 12.1 Å². The number of hydrogen-bond acceptors (Lipinski definition) is 4. The molecule has 0 N–H and O–H groups in total. The number of unbranched alkanes of at least 4 members (excludes halogenated alkanes) is 11. The van der Waals surface area contributed by atoms with Crippen LogP contribution in [0.5, 0.6) is 11.5 Å². The predicted octanol–water partition coefficient (Wildman–Crippen LogP) is 10.4. The van der Waals surface area contributed by atoms with Gasteiger partial charge in [-0.15, -0.1) is 0 Å². The first-order valence-corrected chi connectivity index (χ1v) is 15.9. The third-order valence-electron chi connectivity index (χ3n) is 7.12. The molecule has 0 bridgehead atoms. The minimum atomic E-state index is -0.251. The van der Waals surface area contributed by atoms with Gasteiger partial charge in [0.2, 0.25) is 0 Å². The summed E-state index contributed by atoms with van der Waals surface area (Å²) >= 11 is 0. The van der Waals surface area contributed by atoms with Crippen LogP contribution in [-0.4, -0.2) is 11.9 Å². The molecule has 0 unspecified atom stereocenters. The number of esters is 2. The summed E-state index contributed by atoms with van der Waals surface area (Å²) in [6.45, 7) is 11.1. The largest absolute Gasteiger partial charge is 0.423 e. The summed E-state index contributed by atoms with van der Waals surface area (Å²) in [6, 6.07) is 5.68. The average molecular weight is 531 g/mol. The van der Waals surface area contributed by atoms with Gasteiger partial charge in [0.05, 0.1) is 0 Å².